The van der Waals surface area contributed by atoms with E-state index in [9.17, 15) is 9.59 Å². The first-order chi connectivity index (χ1) is 14.6. The summed E-state index contributed by atoms with van der Waals surface area (Å²) in [6, 6.07) is 7.77. The minimum absolute atomic E-state index is 0.0908. The smallest absolute Gasteiger partial charge is 0.359 e. The van der Waals surface area contributed by atoms with Gasteiger partial charge in [0.25, 0.3) is 0 Å². The molecule has 30 heavy (non-hydrogen) atoms. The number of amides is 1. The minimum atomic E-state index is -0.444. The lowest BCUT2D eigenvalue weighted by Crippen LogP contribution is -2.40. The summed E-state index contributed by atoms with van der Waals surface area (Å²) in [7, 11) is 1.63. The van der Waals surface area contributed by atoms with Crippen LogP contribution >= 0.6 is 0 Å². The molecule has 2 aliphatic heterocycles. The van der Waals surface area contributed by atoms with Gasteiger partial charge >= 0.3 is 5.97 Å². The van der Waals surface area contributed by atoms with Crippen LogP contribution in [-0.4, -0.2) is 60.0 Å². The van der Waals surface area contributed by atoms with Crippen molar-refractivity contribution < 1.29 is 23.8 Å². The van der Waals surface area contributed by atoms with Gasteiger partial charge in [-0.25, -0.2) is 4.79 Å². The molecule has 0 aliphatic carbocycles. The van der Waals surface area contributed by atoms with E-state index in [0.29, 0.717) is 45.0 Å². The second-order valence-electron chi connectivity index (χ2n) is 7.57. The molecule has 1 amide bonds. The molecule has 1 aromatic heterocycles. The van der Waals surface area contributed by atoms with Crippen molar-refractivity contribution in [3.63, 3.8) is 0 Å². The van der Waals surface area contributed by atoms with E-state index >= 15 is 0 Å². The van der Waals surface area contributed by atoms with Crippen LogP contribution < -0.4 is 4.74 Å². The number of hydrogen-bond donors (Lipinski definition) is 0. The van der Waals surface area contributed by atoms with Crippen LogP contribution in [0.1, 0.15) is 40.7 Å². The minimum Gasteiger partial charge on any atom is -0.497 e. The van der Waals surface area contributed by atoms with Gasteiger partial charge in [0.1, 0.15) is 5.75 Å². The highest BCUT2D eigenvalue weighted by Gasteiger charge is 2.34. The Morgan fingerprint density at radius 1 is 1.27 bits per heavy atom. The zero-order valence-corrected chi connectivity index (χ0v) is 17.4. The van der Waals surface area contributed by atoms with E-state index in [1.54, 1.807) is 14.0 Å². The Morgan fingerprint density at radius 2 is 2.07 bits per heavy atom. The normalized spacial score (nSPS) is 18.2. The van der Waals surface area contributed by atoms with Gasteiger partial charge in [-0.15, -0.1) is 0 Å². The molecule has 8 nitrogen and oxygen atoms in total. The average Bonchev–Trinajstić information content (AvgIpc) is 3.42. The SMILES string of the molecule is CCOC(=O)c1nn(Cc2ccc(OC)cc2)c2c1CN(C(=O)[C@H]1CCOC1)CC2. The fraction of sp³-hybridized carbons (Fsp3) is 0.500. The summed E-state index contributed by atoms with van der Waals surface area (Å²) in [5.41, 5.74) is 3.14. The van der Waals surface area contributed by atoms with Crippen molar-refractivity contribution in [3.8, 4) is 5.75 Å². The van der Waals surface area contributed by atoms with Crippen molar-refractivity contribution in [3.05, 3.63) is 46.8 Å². The van der Waals surface area contributed by atoms with Crippen LogP contribution in [0.5, 0.6) is 5.75 Å². The third-order valence-corrected chi connectivity index (χ3v) is 5.68. The van der Waals surface area contributed by atoms with Crippen molar-refractivity contribution >= 4 is 11.9 Å². The molecule has 0 spiro atoms. The Balaban J connectivity index is 1.60. The molecule has 0 unspecified atom stereocenters. The van der Waals surface area contributed by atoms with Crippen molar-refractivity contribution in [2.45, 2.75) is 32.9 Å². The van der Waals surface area contributed by atoms with E-state index < -0.39 is 5.97 Å². The van der Waals surface area contributed by atoms with Crippen LogP contribution in [-0.2, 0) is 33.8 Å². The summed E-state index contributed by atoms with van der Waals surface area (Å²) in [6.45, 7) is 4.68. The van der Waals surface area contributed by atoms with Crippen LogP contribution in [0.2, 0.25) is 0 Å². The summed E-state index contributed by atoms with van der Waals surface area (Å²) >= 11 is 0. The molecule has 1 saturated heterocycles. The van der Waals surface area contributed by atoms with Crippen molar-refractivity contribution in [2.24, 2.45) is 5.92 Å². The molecular weight excluding hydrogens is 386 g/mol. The number of nitrogens with zero attached hydrogens (tertiary/aromatic N) is 3. The molecule has 0 saturated carbocycles. The molecule has 2 aromatic rings. The number of esters is 1. The predicted octanol–water partition coefficient (Wildman–Crippen LogP) is 2.04. The molecule has 1 atom stereocenters. The van der Waals surface area contributed by atoms with Crippen LogP contribution in [0, 0.1) is 5.92 Å². The van der Waals surface area contributed by atoms with Crippen LogP contribution in [0.3, 0.4) is 0 Å². The topological polar surface area (TPSA) is 82.9 Å². The molecule has 8 heteroatoms. The lowest BCUT2D eigenvalue weighted by atomic mass is 10.0. The largest absolute Gasteiger partial charge is 0.497 e. The summed E-state index contributed by atoms with van der Waals surface area (Å²) in [5.74, 6) is 0.349. The first-order valence-electron chi connectivity index (χ1n) is 10.4. The Hall–Kier alpha value is -2.87. The molecule has 1 fully saturated rings. The lowest BCUT2D eigenvalue weighted by Gasteiger charge is -2.29. The van der Waals surface area contributed by atoms with Gasteiger partial charge in [0.05, 0.1) is 32.8 Å². The molecule has 3 heterocycles. The summed E-state index contributed by atoms with van der Waals surface area (Å²) < 4.78 is 17.7. The number of carbonyl (C=O) groups excluding carboxylic acids is 2. The van der Waals surface area contributed by atoms with Gasteiger partial charge in [-0.05, 0) is 31.0 Å². The molecular formula is C22H27N3O5. The monoisotopic (exact) mass is 413 g/mol. The summed E-state index contributed by atoms with van der Waals surface area (Å²) in [4.78, 5) is 27.2. The van der Waals surface area contributed by atoms with E-state index in [0.717, 1.165) is 29.0 Å². The number of rotatable bonds is 6. The Morgan fingerprint density at radius 3 is 2.73 bits per heavy atom. The lowest BCUT2D eigenvalue weighted by molar-refractivity contribution is -0.136. The molecule has 1 aromatic carbocycles. The Bertz CT molecular complexity index is 916. The molecule has 4 rings (SSSR count). The molecule has 0 bridgehead atoms. The van der Waals surface area contributed by atoms with E-state index in [-0.39, 0.29) is 18.4 Å². The summed E-state index contributed by atoms with van der Waals surface area (Å²) in [6.07, 6.45) is 1.40. The highest BCUT2D eigenvalue weighted by Crippen LogP contribution is 2.27. The van der Waals surface area contributed by atoms with Gasteiger partial charge in [0.2, 0.25) is 5.91 Å². The number of hydrogen-bond acceptors (Lipinski definition) is 6. The fourth-order valence-corrected chi connectivity index (χ4v) is 4.06. The first kappa shape index (κ1) is 20.4. The number of aromatic nitrogens is 2. The van der Waals surface area contributed by atoms with E-state index in [4.69, 9.17) is 14.2 Å². The predicted molar refractivity (Wildman–Crippen MR) is 108 cm³/mol. The van der Waals surface area contributed by atoms with Crippen LogP contribution in [0.4, 0.5) is 0 Å². The number of carbonyl (C=O) groups is 2. The highest BCUT2D eigenvalue weighted by atomic mass is 16.5. The quantitative estimate of drug-likeness (QED) is 0.674. The maximum absolute atomic E-state index is 12.9. The van der Waals surface area contributed by atoms with Gasteiger partial charge in [0, 0.05) is 37.4 Å². The van der Waals surface area contributed by atoms with Gasteiger partial charge < -0.3 is 19.1 Å². The Labute approximate surface area is 175 Å². The molecule has 0 N–H and O–H groups in total. The van der Waals surface area contributed by atoms with Crippen LogP contribution in [0.15, 0.2) is 24.3 Å². The zero-order valence-electron chi connectivity index (χ0n) is 17.4. The van der Waals surface area contributed by atoms with Crippen molar-refractivity contribution in [1.29, 1.82) is 0 Å². The first-order valence-corrected chi connectivity index (χ1v) is 10.4. The van der Waals surface area contributed by atoms with E-state index in [1.165, 1.54) is 0 Å². The maximum atomic E-state index is 12.9. The number of ether oxygens (including phenoxy) is 3. The summed E-state index contributed by atoms with van der Waals surface area (Å²) in [5, 5.41) is 4.59. The van der Waals surface area contributed by atoms with Gasteiger partial charge in [-0.3, -0.25) is 9.48 Å². The third kappa shape index (κ3) is 4.05. The van der Waals surface area contributed by atoms with E-state index in [2.05, 4.69) is 5.10 Å². The number of fused-ring (bicyclic) bond motifs is 1. The van der Waals surface area contributed by atoms with Gasteiger partial charge in [-0.1, -0.05) is 12.1 Å². The molecule has 0 radical (unpaired) electrons. The second-order valence-corrected chi connectivity index (χ2v) is 7.57. The van der Waals surface area contributed by atoms with Gasteiger partial charge in [0.15, 0.2) is 5.69 Å². The zero-order chi connectivity index (χ0) is 21.1. The molecule has 2 aliphatic rings. The third-order valence-electron chi connectivity index (χ3n) is 5.68. The second kappa shape index (κ2) is 8.87. The number of benzene rings is 1. The van der Waals surface area contributed by atoms with Crippen molar-refractivity contribution in [1.82, 2.24) is 14.7 Å². The highest BCUT2D eigenvalue weighted by molar-refractivity contribution is 5.89. The Kier molecular flexibility index (Phi) is 6.03. The van der Waals surface area contributed by atoms with Gasteiger partial charge in [-0.2, -0.15) is 5.10 Å². The fourth-order valence-electron chi connectivity index (χ4n) is 4.06. The average molecular weight is 413 g/mol. The van der Waals surface area contributed by atoms with Crippen LogP contribution in [0.25, 0.3) is 0 Å². The number of methoxy groups -OCH3 is 1. The molecule has 160 valence electrons. The maximum Gasteiger partial charge on any atom is 0.359 e. The van der Waals surface area contributed by atoms with E-state index in [1.807, 2.05) is 33.8 Å². The standard InChI is InChI=1S/C22H27N3O5/c1-3-30-22(27)20-18-13-24(21(26)16-9-11-29-14-16)10-8-19(18)25(23-20)12-15-4-6-17(28-2)7-5-15/h4-7,16H,3,8-14H2,1-2H3/t16-/m0/s1. The van der Waals surface area contributed by atoms with Crippen molar-refractivity contribution in [2.75, 3.05) is 33.5 Å².